The summed E-state index contributed by atoms with van der Waals surface area (Å²) in [4.78, 5) is 4.31. The second kappa shape index (κ2) is 6.56. The molecular weight excluding hydrogens is 298 g/mol. The summed E-state index contributed by atoms with van der Waals surface area (Å²) < 4.78 is 29.4. The highest BCUT2D eigenvalue weighted by molar-refractivity contribution is 7.87. The van der Waals surface area contributed by atoms with Gasteiger partial charge in [0.25, 0.3) is 10.2 Å². The van der Waals surface area contributed by atoms with Crippen LogP contribution in [-0.2, 0) is 16.8 Å². The van der Waals surface area contributed by atoms with Crippen LogP contribution in [0.15, 0.2) is 54.7 Å². The van der Waals surface area contributed by atoms with Crippen LogP contribution in [0.5, 0.6) is 0 Å². The molecule has 0 bridgehead atoms. The van der Waals surface area contributed by atoms with Crippen LogP contribution in [0.1, 0.15) is 30.1 Å². The molecule has 2 aromatic rings. The van der Waals surface area contributed by atoms with Gasteiger partial charge >= 0.3 is 0 Å². The van der Waals surface area contributed by atoms with Crippen molar-refractivity contribution in [1.29, 1.82) is 0 Å². The lowest BCUT2D eigenvalue weighted by atomic mass is 10.1. The van der Waals surface area contributed by atoms with E-state index in [-0.39, 0.29) is 6.04 Å². The number of aromatic nitrogens is 1. The van der Waals surface area contributed by atoms with Crippen molar-refractivity contribution in [2.45, 2.75) is 25.4 Å². The number of nitrogens with one attached hydrogen (secondary N) is 1. The Kier molecular flexibility index (Phi) is 4.52. The van der Waals surface area contributed by atoms with Crippen molar-refractivity contribution < 1.29 is 8.42 Å². The highest BCUT2D eigenvalue weighted by Gasteiger charge is 2.35. The molecule has 5 nitrogen and oxygen atoms in total. The fourth-order valence-corrected chi connectivity index (χ4v) is 4.18. The van der Waals surface area contributed by atoms with Crippen molar-refractivity contribution in [2.75, 3.05) is 6.54 Å². The van der Waals surface area contributed by atoms with E-state index in [0.29, 0.717) is 13.1 Å². The lowest BCUT2D eigenvalue weighted by Gasteiger charge is -2.23. The average Bonchev–Trinajstić information content (AvgIpc) is 3.06. The first-order valence-corrected chi connectivity index (χ1v) is 8.82. The van der Waals surface area contributed by atoms with E-state index in [2.05, 4.69) is 9.71 Å². The maximum absolute atomic E-state index is 12.6. The maximum Gasteiger partial charge on any atom is 0.280 e. The van der Waals surface area contributed by atoms with Crippen molar-refractivity contribution in [2.24, 2.45) is 0 Å². The van der Waals surface area contributed by atoms with Crippen LogP contribution in [0.4, 0.5) is 0 Å². The summed E-state index contributed by atoms with van der Waals surface area (Å²) in [6.45, 7) is 0.833. The van der Waals surface area contributed by atoms with E-state index < -0.39 is 10.2 Å². The number of benzene rings is 1. The number of rotatable bonds is 5. The highest BCUT2D eigenvalue weighted by atomic mass is 32.2. The number of pyridine rings is 1. The predicted octanol–water partition coefficient (Wildman–Crippen LogP) is 2.25. The Morgan fingerprint density at radius 2 is 1.91 bits per heavy atom. The first-order chi connectivity index (χ1) is 10.7. The summed E-state index contributed by atoms with van der Waals surface area (Å²) >= 11 is 0. The van der Waals surface area contributed by atoms with E-state index in [1.807, 2.05) is 48.5 Å². The van der Waals surface area contributed by atoms with E-state index in [1.165, 1.54) is 4.31 Å². The van der Waals surface area contributed by atoms with Gasteiger partial charge in [0.2, 0.25) is 0 Å². The molecule has 0 spiro atoms. The van der Waals surface area contributed by atoms with Crippen LogP contribution in [-0.4, -0.2) is 24.3 Å². The largest absolute Gasteiger partial charge is 0.280 e. The first-order valence-electron chi connectivity index (χ1n) is 7.38. The molecule has 1 aromatic heterocycles. The van der Waals surface area contributed by atoms with Crippen LogP contribution in [0.2, 0.25) is 0 Å². The topological polar surface area (TPSA) is 62.3 Å². The van der Waals surface area contributed by atoms with Crippen molar-refractivity contribution in [3.8, 4) is 0 Å². The lowest BCUT2D eigenvalue weighted by molar-refractivity contribution is 0.383. The van der Waals surface area contributed by atoms with E-state index in [0.717, 1.165) is 24.1 Å². The third-order valence-corrected chi connectivity index (χ3v) is 5.41. The summed E-state index contributed by atoms with van der Waals surface area (Å²) in [5, 5.41) is 0. The van der Waals surface area contributed by atoms with Gasteiger partial charge in [0.05, 0.1) is 11.7 Å². The number of hydrogen-bond acceptors (Lipinski definition) is 3. The fraction of sp³-hybridized carbons (Fsp3) is 0.312. The molecule has 0 aliphatic carbocycles. The minimum atomic E-state index is -3.51. The van der Waals surface area contributed by atoms with Crippen molar-refractivity contribution >= 4 is 10.2 Å². The molecule has 22 heavy (non-hydrogen) atoms. The van der Waals surface area contributed by atoms with Gasteiger partial charge in [0.15, 0.2) is 0 Å². The zero-order valence-electron chi connectivity index (χ0n) is 12.2. The van der Waals surface area contributed by atoms with Crippen LogP contribution in [0, 0.1) is 0 Å². The van der Waals surface area contributed by atoms with E-state index in [4.69, 9.17) is 0 Å². The molecule has 1 aromatic carbocycles. The van der Waals surface area contributed by atoms with Gasteiger partial charge in [-0.3, -0.25) is 4.98 Å². The third kappa shape index (κ3) is 3.35. The predicted molar refractivity (Wildman–Crippen MR) is 85.1 cm³/mol. The molecule has 1 N–H and O–H groups in total. The molecule has 0 radical (unpaired) electrons. The van der Waals surface area contributed by atoms with Crippen LogP contribution >= 0.6 is 0 Å². The van der Waals surface area contributed by atoms with E-state index in [1.54, 1.807) is 6.20 Å². The molecule has 0 amide bonds. The Morgan fingerprint density at radius 1 is 1.14 bits per heavy atom. The van der Waals surface area contributed by atoms with Gasteiger partial charge in [-0.1, -0.05) is 36.4 Å². The smallest absolute Gasteiger partial charge is 0.260 e. The SMILES string of the molecule is O=S(=O)(NCc1ccccc1)N1CCCC1c1ccccn1. The summed E-state index contributed by atoms with van der Waals surface area (Å²) in [5.74, 6) is 0. The zero-order valence-corrected chi connectivity index (χ0v) is 13.0. The van der Waals surface area contributed by atoms with E-state index in [9.17, 15) is 8.42 Å². The average molecular weight is 317 g/mol. The molecular formula is C16H19N3O2S. The highest BCUT2D eigenvalue weighted by Crippen LogP contribution is 2.32. The first kappa shape index (κ1) is 15.1. The lowest BCUT2D eigenvalue weighted by Crippen LogP contribution is -2.40. The molecule has 0 saturated carbocycles. The van der Waals surface area contributed by atoms with Crippen molar-refractivity contribution in [3.63, 3.8) is 0 Å². The number of nitrogens with zero attached hydrogens (tertiary/aromatic N) is 2. The van der Waals surface area contributed by atoms with Gasteiger partial charge < -0.3 is 0 Å². The fourth-order valence-electron chi connectivity index (χ4n) is 2.75. The standard InChI is InChI=1S/C16H19N3O2S/c20-22(21,18-13-14-7-2-1-3-8-14)19-12-6-10-16(19)15-9-4-5-11-17-15/h1-5,7-9,11,16,18H,6,10,12-13H2. The molecule has 1 fully saturated rings. The Hall–Kier alpha value is -1.76. The van der Waals surface area contributed by atoms with Gasteiger partial charge in [-0.05, 0) is 30.5 Å². The molecule has 2 heterocycles. The molecule has 116 valence electrons. The second-order valence-corrected chi connectivity index (χ2v) is 7.04. The van der Waals surface area contributed by atoms with Gasteiger partial charge in [-0.25, -0.2) is 0 Å². The summed E-state index contributed by atoms with van der Waals surface area (Å²) in [6, 6.07) is 15.0. The molecule has 1 saturated heterocycles. The van der Waals surface area contributed by atoms with Crippen LogP contribution in [0.3, 0.4) is 0 Å². The van der Waals surface area contributed by atoms with Crippen molar-refractivity contribution in [3.05, 3.63) is 66.0 Å². The molecule has 6 heteroatoms. The van der Waals surface area contributed by atoms with Gasteiger partial charge in [0, 0.05) is 19.3 Å². The molecule has 1 atom stereocenters. The molecule has 3 rings (SSSR count). The number of hydrogen-bond donors (Lipinski definition) is 1. The Balaban J connectivity index is 1.73. The maximum atomic E-state index is 12.6. The molecule has 1 unspecified atom stereocenters. The van der Waals surface area contributed by atoms with Crippen molar-refractivity contribution in [1.82, 2.24) is 14.0 Å². The second-order valence-electron chi connectivity index (χ2n) is 5.34. The van der Waals surface area contributed by atoms with Gasteiger partial charge in [-0.15, -0.1) is 0 Å². The normalized spacial score (nSPS) is 19.4. The quantitative estimate of drug-likeness (QED) is 0.920. The summed E-state index contributed by atoms with van der Waals surface area (Å²) in [5.41, 5.74) is 1.75. The van der Waals surface area contributed by atoms with Crippen LogP contribution in [0.25, 0.3) is 0 Å². The van der Waals surface area contributed by atoms with Gasteiger partial charge in [0.1, 0.15) is 0 Å². The Labute approximate surface area is 131 Å². The van der Waals surface area contributed by atoms with Gasteiger partial charge in [-0.2, -0.15) is 17.4 Å². The van der Waals surface area contributed by atoms with E-state index >= 15 is 0 Å². The van der Waals surface area contributed by atoms with Crippen LogP contribution < -0.4 is 4.72 Å². The minimum absolute atomic E-state index is 0.172. The Bertz CT molecular complexity index is 705. The molecule has 1 aliphatic rings. The summed E-state index contributed by atoms with van der Waals surface area (Å²) in [7, 11) is -3.51. The minimum Gasteiger partial charge on any atom is -0.260 e. The molecule has 1 aliphatic heterocycles. The summed E-state index contributed by atoms with van der Waals surface area (Å²) in [6.07, 6.45) is 3.37. The monoisotopic (exact) mass is 317 g/mol. The Morgan fingerprint density at radius 3 is 2.64 bits per heavy atom. The third-order valence-electron chi connectivity index (χ3n) is 3.84. The zero-order chi connectivity index (χ0) is 15.4.